The Hall–Kier alpha value is -1.17. The fourth-order valence-electron chi connectivity index (χ4n) is 1.99. The molecule has 3 N–H and O–H groups in total. The van der Waals surface area contributed by atoms with E-state index < -0.39 is 0 Å². The lowest BCUT2D eigenvalue weighted by molar-refractivity contribution is 0.107. The highest BCUT2D eigenvalue weighted by atomic mass is 16.5. The van der Waals surface area contributed by atoms with Gasteiger partial charge in [0.25, 0.3) is 0 Å². The first-order chi connectivity index (χ1) is 7.81. The minimum Gasteiger partial charge on any atom is -0.380 e. The number of nitrogens with zero attached hydrogens (tertiary/aromatic N) is 2. The van der Waals surface area contributed by atoms with Crippen LogP contribution >= 0.6 is 0 Å². The topological polar surface area (TPSA) is 63.4 Å². The van der Waals surface area contributed by atoms with E-state index in [2.05, 4.69) is 15.3 Å². The van der Waals surface area contributed by atoms with E-state index in [0.29, 0.717) is 11.9 Å². The van der Waals surface area contributed by atoms with Gasteiger partial charge in [-0.05, 0) is 18.1 Å². The third-order valence-corrected chi connectivity index (χ3v) is 2.94. The zero-order chi connectivity index (χ0) is 11.4. The van der Waals surface area contributed by atoms with Crippen molar-refractivity contribution in [3.05, 3.63) is 23.9 Å². The Bertz CT molecular complexity index is 327. The van der Waals surface area contributed by atoms with Crippen molar-refractivity contribution in [3.8, 4) is 0 Å². The Labute approximate surface area is 95.6 Å². The van der Waals surface area contributed by atoms with Crippen molar-refractivity contribution in [3.63, 3.8) is 0 Å². The van der Waals surface area contributed by atoms with E-state index in [1.165, 1.54) is 5.56 Å². The number of nitrogen functional groups attached to an aromatic ring is 1. The number of rotatable bonds is 4. The number of anilines is 1. The summed E-state index contributed by atoms with van der Waals surface area (Å²) in [7, 11) is 1.78. The number of pyridine rings is 1. The smallest absolute Gasteiger partial charge is 0.139 e. The molecule has 0 bridgehead atoms. The quantitative estimate of drug-likeness (QED) is 0.576. The van der Waals surface area contributed by atoms with E-state index in [1.54, 1.807) is 7.11 Å². The first-order valence-corrected chi connectivity index (χ1v) is 5.48. The lowest BCUT2D eigenvalue weighted by Crippen LogP contribution is -2.22. The number of nitrogens with two attached hydrogens (primary N) is 1. The summed E-state index contributed by atoms with van der Waals surface area (Å²) in [6.45, 7) is 3.03. The van der Waals surface area contributed by atoms with Crippen LogP contribution < -0.4 is 11.3 Å². The number of aromatic nitrogens is 1. The molecular formula is C11H18N4O. The second kappa shape index (κ2) is 5.25. The highest BCUT2D eigenvalue weighted by Crippen LogP contribution is 2.15. The minimum atomic E-state index is 0.387. The fourth-order valence-corrected chi connectivity index (χ4v) is 1.99. The summed E-state index contributed by atoms with van der Waals surface area (Å²) in [6, 6.07) is 3.93. The Morgan fingerprint density at radius 1 is 1.62 bits per heavy atom. The molecule has 1 unspecified atom stereocenters. The van der Waals surface area contributed by atoms with Gasteiger partial charge in [0.15, 0.2) is 0 Å². The number of ether oxygens (including phenoxy) is 1. The minimum absolute atomic E-state index is 0.387. The lowest BCUT2D eigenvalue weighted by Gasteiger charge is -2.15. The van der Waals surface area contributed by atoms with Crippen LogP contribution in [-0.4, -0.2) is 36.2 Å². The summed E-state index contributed by atoms with van der Waals surface area (Å²) in [5.74, 6) is 5.95. The SMILES string of the molecule is COC1CCN(Cc2ccc(NN)nc2)C1. The van der Waals surface area contributed by atoms with Gasteiger partial charge in [0.2, 0.25) is 0 Å². The predicted molar refractivity (Wildman–Crippen MR) is 62.7 cm³/mol. The largest absolute Gasteiger partial charge is 0.380 e. The summed E-state index contributed by atoms with van der Waals surface area (Å²) in [5.41, 5.74) is 3.72. The molecule has 2 rings (SSSR count). The molecule has 5 heteroatoms. The highest BCUT2D eigenvalue weighted by molar-refractivity contribution is 5.33. The summed E-state index contributed by atoms with van der Waals surface area (Å²) in [6.07, 6.45) is 3.36. The van der Waals surface area contributed by atoms with E-state index in [1.807, 2.05) is 18.3 Å². The second-order valence-electron chi connectivity index (χ2n) is 4.08. The van der Waals surface area contributed by atoms with Crippen molar-refractivity contribution in [2.45, 2.75) is 19.1 Å². The van der Waals surface area contributed by atoms with Crippen molar-refractivity contribution < 1.29 is 4.74 Å². The Morgan fingerprint density at radius 2 is 2.50 bits per heavy atom. The molecular weight excluding hydrogens is 204 g/mol. The maximum absolute atomic E-state index is 5.33. The number of likely N-dealkylation sites (tertiary alicyclic amines) is 1. The molecule has 2 heterocycles. The third kappa shape index (κ3) is 2.69. The highest BCUT2D eigenvalue weighted by Gasteiger charge is 2.21. The zero-order valence-electron chi connectivity index (χ0n) is 9.52. The van der Waals surface area contributed by atoms with Crippen molar-refractivity contribution in [2.75, 3.05) is 25.6 Å². The number of methoxy groups -OCH3 is 1. The van der Waals surface area contributed by atoms with E-state index >= 15 is 0 Å². The van der Waals surface area contributed by atoms with Crippen LogP contribution in [0.5, 0.6) is 0 Å². The summed E-state index contributed by atoms with van der Waals surface area (Å²) in [5, 5.41) is 0. The molecule has 0 radical (unpaired) electrons. The standard InChI is InChI=1S/C11H18N4O/c1-16-10-4-5-15(8-10)7-9-2-3-11(14-12)13-6-9/h2-3,6,10H,4-5,7-8,12H2,1H3,(H,13,14). The van der Waals surface area contributed by atoms with Crippen LogP contribution in [0.4, 0.5) is 5.82 Å². The van der Waals surface area contributed by atoms with Gasteiger partial charge in [0.1, 0.15) is 5.82 Å². The van der Waals surface area contributed by atoms with Gasteiger partial charge in [0, 0.05) is 32.9 Å². The molecule has 1 aromatic rings. The fraction of sp³-hybridized carbons (Fsp3) is 0.545. The van der Waals surface area contributed by atoms with Crippen molar-refractivity contribution in [1.29, 1.82) is 0 Å². The molecule has 16 heavy (non-hydrogen) atoms. The summed E-state index contributed by atoms with van der Waals surface area (Å²) < 4.78 is 5.33. The number of hydrogen-bond acceptors (Lipinski definition) is 5. The van der Waals surface area contributed by atoms with Crippen LogP contribution in [0.25, 0.3) is 0 Å². The molecule has 1 aromatic heterocycles. The molecule has 1 atom stereocenters. The van der Waals surface area contributed by atoms with Gasteiger partial charge < -0.3 is 10.2 Å². The molecule has 5 nitrogen and oxygen atoms in total. The van der Waals surface area contributed by atoms with Gasteiger partial charge in [-0.1, -0.05) is 6.07 Å². The van der Waals surface area contributed by atoms with Gasteiger partial charge in [-0.3, -0.25) is 4.90 Å². The van der Waals surface area contributed by atoms with Gasteiger partial charge in [-0.15, -0.1) is 0 Å². The van der Waals surface area contributed by atoms with Crippen LogP contribution in [0, 0.1) is 0 Å². The molecule has 0 spiro atoms. The molecule has 0 aliphatic carbocycles. The molecule has 88 valence electrons. The van der Waals surface area contributed by atoms with E-state index in [0.717, 1.165) is 26.1 Å². The van der Waals surface area contributed by atoms with E-state index in [-0.39, 0.29) is 0 Å². The monoisotopic (exact) mass is 222 g/mol. The number of nitrogens with one attached hydrogen (secondary N) is 1. The average molecular weight is 222 g/mol. The first-order valence-electron chi connectivity index (χ1n) is 5.48. The normalized spacial score (nSPS) is 21.2. The van der Waals surface area contributed by atoms with E-state index in [9.17, 15) is 0 Å². The lowest BCUT2D eigenvalue weighted by atomic mass is 10.2. The molecule has 0 aromatic carbocycles. The molecule has 1 aliphatic heterocycles. The van der Waals surface area contributed by atoms with Crippen LogP contribution in [0.3, 0.4) is 0 Å². The molecule has 0 amide bonds. The Balaban J connectivity index is 1.89. The maximum atomic E-state index is 5.33. The maximum Gasteiger partial charge on any atom is 0.139 e. The first kappa shape index (κ1) is 11.3. The summed E-state index contributed by atoms with van der Waals surface area (Å²) in [4.78, 5) is 6.56. The van der Waals surface area contributed by atoms with Gasteiger partial charge in [-0.2, -0.15) is 0 Å². The second-order valence-corrected chi connectivity index (χ2v) is 4.08. The number of hydrazine groups is 1. The van der Waals surface area contributed by atoms with Crippen LogP contribution in [0.1, 0.15) is 12.0 Å². The van der Waals surface area contributed by atoms with Crippen molar-refractivity contribution in [2.24, 2.45) is 5.84 Å². The van der Waals surface area contributed by atoms with Gasteiger partial charge in [0.05, 0.1) is 6.10 Å². The van der Waals surface area contributed by atoms with Crippen molar-refractivity contribution in [1.82, 2.24) is 9.88 Å². The molecule has 1 aliphatic rings. The average Bonchev–Trinajstić information content (AvgIpc) is 2.78. The molecule has 1 fully saturated rings. The van der Waals surface area contributed by atoms with Crippen LogP contribution in [0.2, 0.25) is 0 Å². The van der Waals surface area contributed by atoms with Gasteiger partial charge >= 0.3 is 0 Å². The summed E-state index contributed by atoms with van der Waals surface area (Å²) >= 11 is 0. The number of hydrogen-bond donors (Lipinski definition) is 2. The third-order valence-electron chi connectivity index (χ3n) is 2.94. The van der Waals surface area contributed by atoms with Crippen molar-refractivity contribution >= 4 is 5.82 Å². The Kier molecular flexibility index (Phi) is 3.71. The van der Waals surface area contributed by atoms with E-state index in [4.69, 9.17) is 10.6 Å². The Morgan fingerprint density at radius 3 is 3.06 bits per heavy atom. The molecule has 0 saturated carbocycles. The molecule has 1 saturated heterocycles. The zero-order valence-corrected chi connectivity index (χ0v) is 9.52. The van der Waals surface area contributed by atoms with Crippen LogP contribution in [0.15, 0.2) is 18.3 Å². The predicted octanol–water partition coefficient (Wildman–Crippen LogP) is 0.588. The van der Waals surface area contributed by atoms with Crippen LogP contribution in [-0.2, 0) is 11.3 Å². The van der Waals surface area contributed by atoms with Gasteiger partial charge in [-0.25, -0.2) is 10.8 Å².